The molecule has 2 heterocycles. The zero-order valence-electron chi connectivity index (χ0n) is 14.2. The number of rotatable bonds is 3. The SMILES string of the molecule is Cc1ccc(Cl)cc1NC(=O)Cn1nnc2sc3c(c2c1=O)CCCC3. The number of thiophene rings is 1. The number of hydrogen-bond donors (Lipinski definition) is 1. The fourth-order valence-electron chi connectivity index (χ4n) is 3.26. The van der Waals surface area contributed by atoms with Crippen LogP contribution in [0.2, 0.25) is 5.02 Å². The van der Waals surface area contributed by atoms with E-state index >= 15 is 0 Å². The number of nitrogens with zero attached hydrogens (tertiary/aromatic N) is 3. The van der Waals surface area contributed by atoms with Crippen LogP contribution in [0.3, 0.4) is 0 Å². The van der Waals surface area contributed by atoms with Crippen molar-refractivity contribution in [2.24, 2.45) is 0 Å². The molecule has 1 aliphatic rings. The Labute approximate surface area is 158 Å². The van der Waals surface area contributed by atoms with Gasteiger partial charge in [-0.05, 0) is 55.9 Å². The van der Waals surface area contributed by atoms with E-state index in [1.165, 1.54) is 4.88 Å². The predicted octanol–water partition coefficient (Wildman–Crippen LogP) is 3.33. The number of halogens is 1. The van der Waals surface area contributed by atoms with Gasteiger partial charge in [0, 0.05) is 15.6 Å². The van der Waals surface area contributed by atoms with E-state index < -0.39 is 0 Å². The van der Waals surface area contributed by atoms with Crippen molar-refractivity contribution in [3.8, 4) is 0 Å². The quantitative estimate of drug-likeness (QED) is 0.746. The Bertz CT molecular complexity index is 1070. The number of carbonyl (C=O) groups excluding carboxylic acids is 1. The van der Waals surface area contributed by atoms with Gasteiger partial charge in [-0.3, -0.25) is 9.59 Å². The van der Waals surface area contributed by atoms with E-state index in [0.717, 1.165) is 41.5 Å². The van der Waals surface area contributed by atoms with Crippen LogP contribution in [0, 0.1) is 6.92 Å². The molecule has 0 bridgehead atoms. The Kier molecular flexibility index (Phi) is 4.50. The molecule has 0 saturated heterocycles. The molecule has 0 fully saturated rings. The van der Waals surface area contributed by atoms with Gasteiger partial charge in [0.15, 0.2) is 4.83 Å². The topological polar surface area (TPSA) is 76.9 Å². The van der Waals surface area contributed by atoms with Crippen LogP contribution in [0.4, 0.5) is 5.69 Å². The predicted molar refractivity (Wildman–Crippen MR) is 103 cm³/mol. The third-order valence-corrected chi connectivity index (χ3v) is 6.02. The molecule has 8 heteroatoms. The Hall–Kier alpha value is -2.25. The number of aryl methyl sites for hydroxylation is 3. The van der Waals surface area contributed by atoms with Crippen molar-refractivity contribution in [2.45, 2.75) is 39.2 Å². The van der Waals surface area contributed by atoms with Gasteiger partial charge in [0.25, 0.3) is 5.56 Å². The largest absolute Gasteiger partial charge is 0.324 e. The summed E-state index contributed by atoms with van der Waals surface area (Å²) in [6.07, 6.45) is 4.10. The molecule has 1 amide bonds. The van der Waals surface area contributed by atoms with Gasteiger partial charge in [-0.15, -0.1) is 16.4 Å². The minimum Gasteiger partial charge on any atom is -0.324 e. The van der Waals surface area contributed by atoms with Crippen molar-refractivity contribution >= 4 is 44.7 Å². The Morgan fingerprint density at radius 3 is 3.00 bits per heavy atom. The first kappa shape index (κ1) is 17.2. The first-order valence-electron chi connectivity index (χ1n) is 8.47. The molecule has 3 aromatic rings. The molecule has 1 aliphatic carbocycles. The number of amides is 1. The van der Waals surface area contributed by atoms with Crippen molar-refractivity contribution in [1.82, 2.24) is 15.0 Å². The van der Waals surface area contributed by atoms with E-state index in [2.05, 4.69) is 15.6 Å². The molecule has 0 spiro atoms. The van der Waals surface area contributed by atoms with Crippen molar-refractivity contribution in [1.29, 1.82) is 0 Å². The van der Waals surface area contributed by atoms with Crippen molar-refractivity contribution in [3.05, 3.63) is 49.6 Å². The minimum atomic E-state index is -0.338. The van der Waals surface area contributed by atoms with Crippen LogP contribution in [0.5, 0.6) is 0 Å². The summed E-state index contributed by atoms with van der Waals surface area (Å²) in [5, 5.41) is 12.1. The van der Waals surface area contributed by atoms with Crippen LogP contribution in [0.15, 0.2) is 23.0 Å². The maximum absolute atomic E-state index is 12.8. The van der Waals surface area contributed by atoms with Gasteiger partial charge in [-0.2, -0.15) is 0 Å². The smallest absolute Gasteiger partial charge is 0.279 e. The Balaban J connectivity index is 1.63. The molecule has 4 rings (SSSR count). The van der Waals surface area contributed by atoms with Crippen molar-refractivity contribution in [3.63, 3.8) is 0 Å². The van der Waals surface area contributed by atoms with Crippen molar-refractivity contribution < 1.29 is 4.79 Å². The van der Waals surface area contributed by atoms with E-state index in [0.29, 0.717) is 20.9 Å². The second-order valence-corrected chi connectivity index (χ2v) is 7.97. The van der Waals surface area contributed by atoms with Crippen molar-refractivity contribution in [2.75, 3.05) is 5.32 Å². The molecular formula is C18H17ClN4O2S. The van der Waals surface area contributed by atoms with Gasteiger partial charge in [-0.25, -0.2) is 4.68 Å². The van der Waals surface area contributed by atoms with Crippen LogP contribution in [-0.2, 0) is 24.2 Å². The second-order valence-electron chi connectivity index (χ2n) is 6.45. The van der Waals surface area contributed by atoms with Gasteiger partial charge >= 0.3 is 0 Å². The lowest BCUT2D eigenvalue weighted by molar-refractivity contribution is -0.117. The fraction of sp³-hybridized carbons (Fsp3) is 0.333. The van der Waals surface area contributed by atoms with Gasteiger partial charge < -0.3 is 5.32 Å². The summed E-state index contributed by atoms with van der Waals surface area (Å²) >= 11 is 7.52. The summed E-state index contributed by atoms with van der Waals surface area (Å²) in [5.74, 6) is -0.338. The molecule has 6 nitrogen and oxygen atoms in total. The third kappa shape index (κ3) is 3.12. The zero-order valence-corrected chi connectivity index (χ0v) is 15.8. The number of nitrogens with one attached hydrogen (secondary N) is 1. The highest BCUT2D eigenvalue weighted by Crippen LogP contribution is 2.33. The summed E-state index contributed by atoms with van der Waals surface area (Å²) in [4.78, 5) is 27.1. The van der Waals surface area contributed by atoms with Gasteiger partial charge in [0.1, 0.15) is 6.54 Å². The lowest BCUT2D eigenvalue weighted by atomic mass is 9.97. The number of aromatic nitrogens is 3. The van der Waals surface area contributed by atoms with E-state index in [9.17, 15) is 9.59 Å². The molecule has 0 unspecified atom stereocenters. The van der Waals surface area contributed by atoms with Gasteiger partial charge in [-0.1, -0.05) is 22.9 Å². The fourth-order valence-corrected chi connectivity index (χ4v) is 4.63. The standard InChI is InChI=1S/C18H17ClN4O2S/c1-10-6-7-11(19)8-13(10)20-15(24)9-23-18(25)16-12-4-2-3-5-14(12)26-17(16)21-22-23/h6-8H,2-5,9H2,1H3,(H,20,24). The first-order valence-corrected chi connectivity index (χ1v) is 9.66. The molecule has 1 aromatic carbocycles. The molecule has 134 valence electrons. The van der Waals surface area contributed by atoms with Gasteiger partial charge in [0.2, 0.25) is 5.91 Å². The van der Waals surface area contributed by atoms with Crippen LogP contribution in [0.25, 0.3) is 10.2 Å². The lowest BCUT2D eigenvalue weighted by Gasteiger charge is -2.11. The molecule has 0 radical (unpaired) electrons. The highest BCUT2D eigenvalue weighted by atomic mass is 35.5. The number of benzene rings is 1. The molecule has 2 aromatic heterocycles. The Morgan fingerprint density at radius 2 is 2.15 bits per heavy atom. The maximum atomic E-state index is 12.8. The molecule has 0 atom stereocenters. The minimum absolute atomic E-state index is 0.182. The summed E-state index contributed by atoms with van der Waals surface area (Å²) in [7, 11) is 0. The Morgan fingerprint density at radius 1 is 1.35 bits per heavy atom. The zero-order chi connectivity index (χ0) is 18.3. The number of hydrogen-bond acceptors (Lipinski definition) is 5. The highest BCUT2D eigenvalue weighted by Gasteiger charge is 2.21. The van der Waals surface area contributed by atoms with E-state index in [4.69, 9.17) is 11.6 Å². The van der Waals surface area contributed by atoms with Crippen LogP contribution in [0.1, 0.15) is 28.8 Å². The second kappa shape index (κ2) is 6.81. The molecule has 0 aliphatic heterocycles. The molecule has 26 heavy (non-hydrogen) atoms. The highest BCUT2D eigenvalue weighted by molar-refractivity contribution is 7.18. The number of anilines is 1. The molecular weight excluding hydrogens is 372 g/mol. The molecule has 1 N–H and O–H groups in total. The maximum Gasteiger partial charge on any atom is 0.279 e. The monoisotopic (exact) mass is 388 g/mol. The van der Waals surface area contributed by atoms with Crippen LogP contribution in [-0.4, -0.2) is 20.9 Å². The number of carbonyl (C=O) groups is 1. The van der Waals surface area contributed by atoms with Crippen LogP contribution >= 0.6 is 22.9 Å². The van der Waals surface area contributed by atoms with Gasteiger partial charge in [0.05, 0.1) is 5.39 Å². The summed E-state index contributed by atoms with van der Waals surface area (Å²) < 4.78 is 1.14. The van der Waals surface area contributed by atoms with E-state index in [1.807, 2.05) is 13.0 Å². The van der Waals surface area contributed by atoms with E-state index in [1.54, 1.807) is 23.5 Å². The average molecular weight is 389 g/mol. The lowest BCUT2D eigenvalue weighted by Crippen LogP contribution is -2.30. The number of fused-ring (bicyclic) bond motifs is 3. The molecule has 0 saturated carbocycles. The first-order chi connectivity index (χ1) is 12.5. The average Bonchev–Trinajstić information content (AvgIpc) is 3.00. The normalized spacial score (nSPS) is 13.6. The van der Waals surface area contributed by atoms with Crippen LogP contribution < -0.4 is 10.9 Å². The summed E-state index contributed by atoms with van der Waals surface area (Å²) in [5.41, 5.74) is 2.37. The van der Waals surface area contributed by atoms with E-state index in [-0.39, 0.29) is 18.0 Å². The summed E-state index contributed by atoms with van der Waals surface area (Å²) in [6, 6.07) is 5.27. The third-order valence-electron chi connectivity index (χ3n) is 4.61. The summed E-state index contributed by atoms with van der Waals surface area (Å²) in [6.45, 7) is 1.69.